The number of benzene rings is 1. The van der Waals surface area contributed by atoms with E-state index in [1.807, 2.05) is 48.9 Å². The first-order valence-electron chi connectivity index (χ1n) is 5.70. The molecule has 3 rings (SSSR count). The van der Waals surface area contributed by atoms with E-state index in [2.05, 4.69) is 4.98 Å². The molecule has 90 valence electrons. The van der Waals surface area contributed by atoms with Gasteiger partial charge in [0.05, 0.1) is 16.6 Å². The van der Waals surface area contributed by atoms with Crippen molar-refractivity contribution in [1.82, 2.24) is 9.55 Å². The van der Waals surface area contributed by atoms with E-state index in [9.17, 15) is 4.79 Å². The molecule has 0 aliphatic rings. The lowest BCUT2D eigenvalue weighted by Crippen LogP contribution is -2.22. The second-order valence-electron chi connectivity index (χ2n) is 4.26. The minimum atomic E-state index is 0.00745. The zero-order valence-electron chi connectivity index (χ0n) is 10.2. The molecule has 0 saturated heterocycles. The Balaban J connectivity index is 2.43. The fraction of sp³-hybridized carbons (Fsp3) is 0.143. The molecule has 2 heterocycles. The third-order valence-electron chi connectivity index (χ3n) is 3.04. The van der Waals surface area contributed by atoms with Crippen LogP contribution in [0.15, 0.2) is 39.8 Å². The van der Waals surface area contributed by atoms with Crippen molar-refractivity contribution >= 4 is 22.2 Å². The first kappa shape index (κ1) is 11.2. The number of para-hydroxylation sites is 1. The molecule has 18 heavy (non-hydrogen) atoms. The van der Waals surface area contributed by atoms with E-state index in [4.69, 9.17) is 0 Å². The summed E-state index contributed by atoms with van der Waals surface area (Å²) in [4.78, 5) is 17.0. The van der Waals surface area contributed by atoms with Crippen molar-refractivity contribution in [2.45, 2.75) is 13.8 Å². The van der Waals surface area contributed by atoms with Crippen LogP contribution in [0.1, 0.15) is 11.4 Å². The molecule has 0 bridgehead atoms. The van der Waals surface area contributed by atoms with Crippen LogP contribution >= 0.6 is 11.3 Å². The number of rotatable bonds is 1. The molecular formula is C14H12N2OS. The maximum absolute atomic E-state index is 12.5. The van der Waals surface area contributed by atoms with E-state index in [0.717, 1.165) is 22.6 Å². The fourth-order valence-electron chi connectivity index (χ4n) is 2.13. The van der Waals surface area contributed by atoms with Gasteiger partial charge in [-0.25, -0.2) is 4.98 Å². The van der Waals surface area contributed by atoms with Crippen molar-refractivity contribution in [3.05, 3.63) is 56.8 Å². The van der Waals surface area contributed by atoms with Crippen LogP contribution in [0.25, 0.3) is 16.6 Å². The average molecular weight is 256 g/mol. The van der Waals surface area contributed by atoms with Crippen LogP contribution in [-0.4, -0.2) is 9.55 Å². The molecule has 4 heteroatoms. The van der Waals surface area contributed by atoms with Crippen molar-refractivity contribution < 1.29 is 0 Å². The second-order valence-corrected chi connectivity index (χ2v) is 5.00. The third-order valence-corrected chi connectivity index (χ3v) is 3.77. The Morgan fingerprint density at radius 1 is 1.17 bits per heavy atom. The quantitative estimate of drug-likeness (QED) is 0.670. The summed E-state index contributed by atoms with van der Waals surface area (Å²) in [7, 11) is 0. The van der Waals surface area contributed by atoms with E-state index in [1.165, 1.54) is 11.3 Å². The predicted octanol–water partition coefficient (Wildman–Crippen LogP) is 3.06. The van der Waals surface area contributed by atoms with E-state index in [0.29, 0.717) is 5.39 Å². The molecule has 0 N–H and O–H groups in total. The van der Waals surface area contributed by atoms with Crippen molar-refractivity contribution in [3.8, 4) is 5.69 Å². The lowest BCUT2D eigenvalue weighted by molar-refractivity contribution is 0.889. The van der Waals surface area contributed by atoms with E-state index in [-0.39, 0.29) is 5.56 Å². The molecule has 3 aromatic rings. The summed E-state index contributed by atoms with van der Waals surface area (Å²) in [6.45, 7) is 3.87. The Kier molecular flexibility index (Phi) is 2.52. The van der Waals surface area contributed by atoms with Crippen LogP contribution in [0.3, 0.4) is 0 Å². The maximum Gasteiger partial charge on any atom is 0.266 e. The molecule has 0 fully saturated rings. The van der Waals surface area contributed by atoms with Crippen molar-refractivity contribution in [2.75, 3.05) is 0 Å². The number of thiophene rings is 1. The topological polar surface area (TPSA) is 34.9 Å². The van der Waals surface area contributed by atoms with Crippen molar-refractivity contribution in [3.63, 3.8) is 0 Å². The lowest BCUT2D eigenvalue weighted by atomic mass is 10.2. The average Bonchev–Trinajstić information content (AvgIpc) is 2.79. The Morgan fingerprint density at radius 3 is 2.72 bits per heavy atom. The Labute approximate surface area is 108 Å². The van der Waals surface area contributed by atoms with E-state index < -0.39 is 0 Å². The molecule has 0 unspecified atom stereocenters. The Morgan fingerprint density at radius 2 is 1.94 bits per heavy atom. The predicted molar refractivity (Wildman–Crippen MR) is 74.7 cm³/mol. The molecule has 0 aliphatic carbocycles. The van der Waals surface area contributed by atoms with Crippen LogP contribution in [0.4, 0.5) is 0 Å². The normalized spacial score (nSPS) is 11.0. The van der Waals surface area contributed by atoms with E-state index >= 15 is 0 Å². The summed E-state index contributed by atoms with van der Waals surface area (Å²) >= 11 is 1.51. The summed E-state index contributed by atoms with van der Waals surface area (Å²) in [5.41, 5.74) is 2.76. The van der Waals surface area contributed by atoms with Gasteiger partial charge in [-0.15, -0.1) is 11.3 Å². The molecule has 0 spiro atoms. The third kappa shape index (κ3) is 1.57. The van der Waals surface area contributed by atoms with Gasteiger partial charge in [0.2, 0.25) is 0 Å². The van der Waals surface area contributed by atoms with Gasteiger partial charge in [-0.05, 0) is 25.5 Å². The van der Waals surface area contributed by atoms with Crippen molar-refractivity contribution in [2.24, 2.45) is 0 Å². The molecule has 2 aromatic heterocycles. The summed E-state index contributed by atoms with van der Waals surface area (Å²) in [6.07, 6.45) is 0. The van der Waals surface area contributed by atoms with Gasteiger partial charge in [-0.2, -0.15) is 0 Å². The highest BCUT2D eigenvalue weighted by Crippen LogP contribution is 2.17. The summed E-state index contributed by atoms with van der Waals surface area (Å²) in [5, 5.41) is 4.46. The van der Waals surface area contributed by atoms with Crippen LogP contribution in [-0.2, 0) is 0 Å². The molecule has 0 saturated carbocycles. The largest absolute Gasteiger partial charge is 0.268 e. The number of hydrogen-bond acceptors (Lipinski definition) is 3. The molecule has 0 atom stereocenters. The Bertz CT molecular complexity index is 786. The fourth-order valence-corrected chi connectivity index (χ4v) is 2.86. The first-order chi connectivity index (χ1) is 8.68. The smallest absolute Gasteiger partial charge is 0.266 e. The minimum Gasteiger partial charge on any atom is -0.268 e. The first-order valence-corrected chi connectivity index (χ1v) is 6.64. The van der Waals surface area contributed by atoms with Gasteiger partial charge in [0.15, 0.2) is 0 Å². The second kappa shape index (κ2) is 4.07. The number of aromatic nitrogens is 2. The van der Waals surface area contributed by atoms with Gasteiger partial charge in [-0.1, -0.05) is 18.2 Å². The molecule has 3 nitrogen and oxygen atoms in total. The number of hydrogen-bond donors (Lipinski definition) is 0. The zero-order chi connectivity index (χ0) is 12.7. The number of aryl methyl sites for hydroxylation is 2. The van der Waals surface area contributed by atoms with Crippen LogP contribution in [0.5, 0.6) is 0 Å². The summed E-state index contributed by atoms with van der Waals surface area (Å²) in [6, 6.07) is 7.85. The van der Waals surface area contributed by atoms with Gasteiger partial charge in [-0.3, -0.25) is 9.36 Å². The molecule has 1 aromatic carbocycles. The van der Waals surface area contributed by atoms with Gasteiger partial charge < -0.3 is 0 Å². The zero-order valence-corrected chi connectivity index (χ0v) is 11.0. The van der Waals surface area contributed by atoms with Gasteiger partial charge in [0, 0.05) is 10.8 Å². The Hall–Kier alpha value is -1.94. The van der Waals surface area contributed by atoms with Crippen LogP contribution in [0, 0.1) is 13.8 Å². The lowest BCUT2D eigenvalue weighted by Gasteiger charge is -2.11. The van der Waals surface area contributed by atoms with E-state index in [1.54, 1.807) is 4.57 Å². The summed E-state index contributed by atoms with van der Waals surface area (Å²) < 4.78 is 1.68. The molecular weight excluding hydrogens is 244 g/mol. The SMILES string of the molecule is Cc1ccccc1-n1c(C)nc2cscc2c1=O. The van der Waals surface area contributed by atoms with Gasteiger partial charge >= 0.3 is 0 Å². The summed E-state index contributed by atoms with van der Waals surface area (Å²) in [5.74, 6) is 0.722. The van der Waals surface area contributed by atoms with Gasteiger partial charge in [0.25, 0.3) is 5.56 Å². The monoisotopic (exact) mass is 256 g/mol. The number of nitrogens with zero attached hydrogens (tertiary/aromatic N) is 2. The highest BCUT2D eigenvalue weighted by atomic mass is 32.1. The molecule has 0 radical (unpaired) electrons. The molecule has 0 aliphatic heterocycles. The van der Waals surface area contributed by atoms with Crippen LogP contribution in [0.2, 0.25) is 0 Å². The van der Waals surface area contributed by atoms with Crippen LogP contribution < -0.4 is 5.56 Å². The highest BCUT2D eigenvalue weighted by Gasteiger charge is 2.11. The maximum atomic E-state index is 12.5. The highest BCUT2D eigenvalue weighted by molar-refractivity contribution is 7.09. The molecule has 0 amide bonds. The van der Waals surface area contributed by atoms with Crippen molar-refractivity contribution in [1.29, 1.82) is 0 Å². The number of fused-ring (bicyclic) bond motifs is 1. The minimum absolute atomic E-state index is 0.00745. The van der Waals surface area contributed by atoms with Gasteiger partial charge in [0.1, 0.15) is 5.82 Å². The standard InChI is InChI=1S/C14H12N2OS/c1-9-5-3-4-6-13(9)16-10(2)15-12-8-18-7-11(12)14(16)17/h3-8H,1-2H3.